The molecule has 83 heavy (non-hydrogen) atoms. The number of hydrogen-bond donors (Lipinski definition) is 10. The van der Waals surface area contributed by atoms with Gasteiger partial charge in [0.25, 0.3) is 29.5 Å². The minimum absolute atomic E-state index is 0.141. The molecule has 0 aliphatic rings. The van der Waals surface area contributed by atoms with Crippen LogP contribution in [0.15, 0.2) is 22.6 Å². The Hall–Kier alpha value is -7.80. The van der Waals surface area contributed by atoms with Crippen LogP contribution in [0.4, 0.5) is 0 Å². The van der Waals surface area contributed by atoms with E-state index in [4.69, 9.17) is 75.0 Å². The van der Waals surface area contributed by atoms with Gasteiger partial charge < -0.3 is 102 Å². The van der Waals surface area contributed by atoms with E-state index in [-0.39, 0.29) is 93.2 Å². The van der Waals surface area contributed by atoms with Crippen LogP contribution < -0.4 is 78.9 Å². The van der Waals surface area contributed by atoms with Crippen molar-refractivity contribution in [2.45, 2.75) is 139 Å². The topological polar surface area (TPSA) is 452 Å². The van der Waals surface area contributed by atoms with Crippen molar-refractivity contribution in [3.05, 3.63) is 56.3 Å². The van der Waals surface area contributed by atoms with Gasteiger partial charge in [-0.2, -0.15) is 0 Å². The van der Waals surface area contributed by atoms with Crippen LogP contribution >= 0.6 is 0 Å². The van der Waals surface area contributed by atoms with Gasteiger partial charge in [-0.15, -0.1) is 0 Å². The van der Waals surface area contributed by atoms with E-state index in [0.717, 1.165) is 12.8 Å². The largest absolute Gasteiger partial charge is 0.467 e. The first kappa shape index (κ1) is 73.2. The molecule has 0 fully saturated rings. The van der Waals surface area contributed by atoms with Gasteiger partial charge in [-0.3, -0.25) is 24.0 Å². The average Bonchev–Trinajstić information content (AvgIpc) is 4.45. The van der Waals surface area contributed by atoms with Crippen LogP contribution in [0.3, 0.4) is 0 Å². The second kappa shape index (κ2) is 32.7. The second-order valence-corrected chi connectivity index (χ2v) is 21.8. The highest BCUT2D eigenvalue weighted by atomic mass is 16.6. The third-order valence-corrected chi connectivity index (χ3v) is 12.5. The first-order valence-corrected chi connectivity index (χ1v) is 26.2. The third kappa shape index (κ3) is 22.8. The van der Waals surface area contributed by atoms with E-state index in [1.807, 2.05) is 69.2 Å². The summed E-state index contributed by atoms with van der Waals surface area (Å²) in [4.78, 5) is 59.1. The maximum absolute atomic E-state index is 12.0. The number of nitrogens with zero attached hydrogens (tertiary/aromatic N) is 5. The molecule has 2 atom stereocenters. The van der Waals surface area contributed by atoms with Gasteiger partial charge in [-0.05, 0) is 101 Å². The molecule has 0 saturated carbocycles. The first-order chi connectivity index (χ1) is 38.5. The molecule has 5 rings (SSSR count). The molecule has 0 aromatic carbocycles. The van der Waals surface area contributed by atoms with Crippen LogP contribution in [-0.4, -0.2) is 152 Å². The van der Waals surface area contributed by atoms with Crippen molar-refractivity contribution < 1.29 is 70.3 Å². The summed E-state index contributed by atoms with van der Waals surface area (Å²) in [5.41, 5.74) is 30.5. The van der Waals surface area contributed by atoms with E-state index >= 15 is 0 Å². The number of rotatable bonds is 23. The molecule has 5 aromatic heterocycles. The number of amides is 5. The van der Waals surface area contributed by atoms with Gasteiger partial charge in [0.1, 0.15) is 0 Å². The zero-order valence-electron chi connectivity index (χ0n) is 51.9. The van der Waals surface area contributed by atoms with Gasteiger partial charge in [-0.25, -0.2) is 0 Å². The number of nitrogens with one attached hydrogen (secondary N) is 5. The fourth-order valence-corrected chi connectivity index (χ4v) is 6.01. The van der Waals surface area contributed by atoms with Crippen molar-refractivity contribution >= 4 is 29.5 Å². The van der Waals surface area contributed by atoms with Gasteiger partial charge in [0, 0.05) is 54.9 Å². The van der Waals surface area contributed by atoms with Crippen LogP contribution in [0.25, 0.3) is 0 Å². The summed E-state index contributed by atoms with van der Waals surface area (Å²) in [6.07, 6.45) is 1.51. The maximum atomic E-state index is 12.0. The van der Waals surface area contributed by atoms with Crippen molar-refractivity contribution in [1.82, 2.24) is 52.4 Å². The molecule has 30 heteroatoms. The van der Waals surface area contributed by atoms with Crippen molar-refractivity contribution in [2.24, 2.45) is 34.1 Å². The van der Waals surface area contributed by atoms with E-state index in [2.05, 4.69) is 52.4 Å². The monoisotopic (exact) mass is 1180 g/mol. The molecule has 2 unspecified atom stereocenters. The number of carbonyl (C=O) groups is 5. The number of ether oxygens (including phenoxy) is 5. The molecule has 468 valence electrons. The number of methoxy groups -OCH3 is 5. The van der Waals surface area contributed by atoms with E-state index in [0.29, 0.717) is 67.1 Å². The highest BCUT2D eigenvalue weighted by Gasteiger charge is 2.29. The van der Waals surface area contributed by atoms with E-state index in [1.54, 1.807) is 34.6 Å². The molecule has 5 amide bonds. The predicted molar refractivity (Wildman–Crippen MR) is 306 cm³/mol. The van der Waals surface area contributed by atoms with E-state index in [9.17, 15) is 24.0 Å². The Morgan fingerprint density at radius 1 is 0.422 bits per heavy atom. The van der Waals surface area contributed by atoms with Crippen molar-refractivity contribution in [3.8, 4) is 29.7 Å². The lowest BCUT2D eigenvalue weighted by atomic mass is 9.94. The Bertz CT molecular complexity index is 2760. The normalized spacial score (nSPS) is 12.5. The number of nitrogens with two attached hydrogens (primary N) is 5. The summed E-state index contributed by atoms with van der Waals surface area (Å²) in [6.45, 7) is 30.0. The number of carbonyl (C=O) groups excluding carboxylic acids is 5. The minimum Gasteiger partial charge on any atom is -0.467 e. The van der Waals surface area contributed by atoms with Gasteiger partial charge >= 0.3 is 29.7 Å². The number of hydrogen-bond acceptors (Lipinski definition) is 25. The fourth-order valence-electron chi connectivity index (χ4n) is 6.01. The summed E-state index contributed by atoms with van der Waals surface area (Å²) >= 11 is 0. The summed E-state index contributed by atoms with van der Waals surface area (Å²) in [5, 5.41) is 32.1. The molecule has 0 bridgehead atoms. The van der Waals surface area contributed by atoms with E-state index in [1.165, 1.54) is 35.5 Å². The second-order valence-electron chi connectivity index (χ2n) is 21.8. The zero-order chi connectivity index (χ0) is 63.8. The lowest BCUT2D eigenvalue weighted by Crippen LogP contribution is -2.51. The van der Waals surface area contributed by atoms with E-state index < -0.39 is 22.2 Å². The first-order valence-electron chi connectivity index (χ1n) is 26.2. The molecule has 5 aromatic rings. The summed E-state index contributed by atoms with van der Waals surface area (Å²) in [5.74, 6) is -0.272. The zero-order valence-corrected chi connectivity index (χ0v) is 51.9. The Labute approximate surface area is 484 Å². The van der Waals surface area contributed by atoms with Crippen LogP contribution in [0, 0.1) is 40.0 Å². The van der Waals surface area contributed by atoms with Crippen molar-refractivity contribution in [1.29, 1.82) is 0 Å². The van der Waals surface area contributed by atoms with Crippen molar-refractivity contribution in [2.75, 3.05) is 74.8 Å². The quantitative estimate of drug-likeness (QED) is 0.0448. The standard InChI is InChI=1S/3C11H19N3O3.2C10H17N3O3/c1-7-8(14-17-10(7)16-4)9(15)13-6-11(2,3)5-12;1-5-11(3,12)6-13-9(15)8-7(2)10(16-4)17-14-8;1-5-11(3,6-12)13-9(15)8-7(2)10(16-4)17-14-8;1-6-7(13-16-9(6)15-4)8(14)12-5-10(2,3)11;1-6-7(13-16-9(6)15-4)8(14)12-10(2,3)5-11/h3*5-6,12H2,1-4H3,(H,13,15);2*5,11H2,1-4H3,(H,12,14). The molecule has 0 saturated heterocycles. The molecular weight excluding hydrogens is 1090 g/mol. The summed E-state index contributed by atoms with van der Waals surface area (Å²) in [6, 6.07) is 0. The lowest BCUT2D eigenvalue weighted by molar-refractivity contribution is 0.0890. The maximum Gasteiger partial charge on any atom is 0.314 e. The average molecular weight is 1180 g/mol. The Morgan fingerprint density at radius 3 is 0.952 bits per heavy atom. The van der Waals surface area contributed by atoms with Crippen LogP contribution in [-0.2, 0) is 0 Å². The minimum atomic E-state index is -0.476. The van der Waals surface area contributed by atoms with Crippen LogP contribution in [0.2, 0.25) is 0 Å². The molecule has 5 heterocycles. The predicted octanol–water partition coefficient (Wildman–Crippen LogP) is 3.32. The molecule has 0 aliphatic carbocycles. The van der Waals surface area contributed by atoms with Crippen molar-refractivity contribution in [3.63, 3.8) is 0 Å². The fraction of sp³-hybridized carbons (Fsp3) is 0.623. The lowest BCUT2D eigenvalue weighted by Gasteiger charge is -2.27. The third-order valence-electron chi connectivity index (χ3n) is 12.5. The summed E-state index contributed by atoms with van der Waals surface area (Å²) < 4.78 is 48.8. The Morgan fingerprint density at radius 2 is 0.711 bits per heavy atom. The van der Waals surface area contributed by atoms with Gasteiger partial charge in [0.2, 0.25) is 0 Å². The number of aromatic nitrogens is 5. The molecule has 0 radical (unpaired) electrons. The van der Waals surface area contributed by atoms with Gasteiger partial charge in [-0.1, -0.05) is 53.5 Å². The van der Waals surface area contributed by atoms with Crippen LogP contribution in [0.1, 0.15) is 162 Å². The Balaban J connectivity index is 0.000000519. The molecule has 15 N–H and O–H groups in total. The highest BCUT2D eigenvalue weighted by molar-refractivity contribution is 5.96. The highest BCUT2D eigenvalue weighted by Crippen LogP contribution is 2.25. The van der Waals surface area contributed by atoms with Crippen LogP contribution in [0.5, 0.6) is 29.7 Å². The Kier molecular flexibility index (Phi) is 28.9. The van der Waals surface area contributed by atoms with Gasteiger partial charge in [0.15, 0.2) is 28.5 Å². The van der Waals surface area contributed by atoms with Gasteiger partial charge in [0.05, 0.1) is 63.4 Å². The smallest absolute Gasteiger partial charge is 0.314 e. The molecule has 0 aliphatic heterocycles. The SMILES string of the molecule is CCC(C)(CN)NC(=O)c1noc(OC)c1C.CCC(C)(N)CNC(=O)c1noc(OC)c1C.COc1onc(C(=O)NC(C)(C)CN)c1C.COc1onc(C(=O)NCC(C)(C)CN)c1C.COc1onc(C(=O)NCC(C)(C)N)c1C. The molecular formula is C53H91N15O15. The molecule has 0 spiro atoms. The molecule has 30 nitrogen and oxygen atoms in total. The summed E-state index contributed by atoms with van der Waals surface area (Å²) in [7, 11) is 7.30.